The van der Waals surface area contributed by atoms with E-state index in [0.29, 0.717) is 6.54 Å². The Morgan fingerprint density at radius 3 is 2.83 bits per heavy atom. The highest BCUT2D eigenvalue weighted by molar-refractivity contribution is 5.84. The molecule has 23 heavy (non-hydrogen) atoms. The molecule has 2 aromatic rings. The lowest BCUT2D eigenvalue weighted by Gasteiger charge is -2.36. The number of carbonyl (C=O) groups is 1. The lowest BCUT2D eigenvalue weighted by Crippen LogP contribution is -2.54. The fourth-order valence-electron chi connectivity index (χ4n) is 3.11. The van der Waals surface area contributed by atoms with E-state index in [1.54, 1.807) is 18.0 Å². The number of benzene rings is 1. The number of amides is 1. The average molecular weight is 314 g/mol. The molecule has 1 amide bonds. The minimum absolute atomic E-state index is 0.00797. The van der Waals surface area contributed by atoms with Gasteiger partial charge in [0.15, 0.2) is 0 Å². The van der Waals surface area contributed by atoms with Crippen molar-refractivity contribution >= 4 is 5.91 Å². The molecule has 0 spiro atoms. The molecule has 0 bridgehead atoms. The zero-order valence-electron chi connectivity index (χ0n) is 13.3. The van der Waals surface area contributed by atoms with Crippen molar-refractivity contribution in [1.29, 1.82) is 0 Å². The lowest BCUT2D eigenvalue weighted by atomic mass is 9.87. The van der Waals surface area contributed by atoms with Crippen molar-refractivity contribution in [2.45, 2.75) is 24.9 Å². The van der Waals surface area contributed by atoms with Crippen LogP contribution >= 0.6 is 0 Å². The summed E-state index contributed by atoms with van der Waals surface area (Å²) in [6.45, 7) is 2.06. The second-order valence-corrected chi connectivity index (χ2v) is 5.73. The third kappa shape index (κ3) is 3.07. The molecule has 1 aliphatic heterocycles. The molecule has 1 aromatic carbocycles. The summed E-state index contributed by atoms with van der Waals surface area (Å²) in [6.07, 6.45) is 5.05. The van der Waals surface area contributed by atoms with Gasteiger partial charge in [0.2, 0.25) is 5.91 Å². The minimum atomic E-state index is -0.614. The maximum atomic E-state index is 13.0. The van der Waals surface area contributed by atoms with E-state index in [4.69, 9.17) is 4.74 Å². The maximum absolute atomic E-state index is 13.0. The molecule has 2 heterocycles. The molecule has 1 fully saturated rings. The van der Waals surface area contributed by atoms with Gasteiger partial charge in [-0.3, -0.25) is 9.48 Å². The molecule has 0 atom stereocenters. The number of nitrogens with zero attached hydrogens (tertiary/aromatic N) is 2. The smallest absolute Gasteiger partial charge is 0.248 e. The summed E-state index contributed by atoms with van der Waals surface area (Å²) in [5.41, 5.74) is 0.351. The molecule has 1 aliphatic rings. The first-order valence-electron chi connectivity index (χ1n) is 7.87. The predicted octanol–water partition coefficient (Wildman–Crippen LogP) is 1.29. The molecule has 6 heteroatoms. The van der Waals surface area contributed by atoms with Gasteiger partial charge in [-0.1, -0.05) is 18.2 Å². The molecular weight excluding hydrogens is 292 g/mol. The van der Waals surface area contributed by atoms with Gasteiger partial charge in [0.1, 0.15) is 11.3 Å². The summed E-state index contributed by atoms with van der Waals surface area (Å²) >= 11 is 0. The number of carbonyl (C=O) groups excluding carboxylic acids is 1. The average Bonchev–Trinajstić information content (AvgIpc) is 3.15. The first-order chi connectivity index (χ1) is 11.3. The molecule has 1 saturated heterocycles. The second-order valence-electron chi connectivity index (χ2n) is 5.73. The van der Waals surface area contributed by atoms with E-state index in [2.05, 4.69) is 15.7 Å². The van der Waals surface area contributed by atoms with Crippen molar-refractivity contribution in [2.75, 3.05) is 20.2 Å². The van der Waals surface area contributed by atoms with Gasteiger partial charge in [-0.2, -0.15) is 5.10 Å². The molecular formula is C17H22N4O2. The fourth-order valence-corrected chi connectivity index (χ4v) is 3.11. The van der Waals surface area contributed by atoms with Crippen LogP contribution < -0.4 is 15.4 Å². The summed E-state index contributed by atoms with van der Waals surface area (Å²) in [4.78, 5) is 13.0. The Bertz CT molecular complexity index is 648. The van der Waals surface area contributed by atoms with Gasteiger partial charge in [-0.25, -0.2) is 0 Å². The highest BCUT2D eigenvalue weighted by Gasteiger charge is 2.41. The quantitative estimate of drug-likeness (QED) is 0.872. The maximum Gasteiger partial charge on any atom is 0.248 e. The number of para-hydroxylation sites is 1. The molecule has 0 radical (unpaired) electrons. The molecule has 0 unspecified atom stereocenters. The first kappa shape index (κ1) is 15.6. The summed E-state index contributed by atoms with van der Waals surface area (Å²) < 4.78 is 7.14. The Morgan fingerprint density at radius 1 is 1.35 bits per heavy atom. The van der Waals surface area contributed by atoms with E-state index in [-0.39, 0.29) is 5.91 Å². The largest absolute Gasteiger partial charge is 0.496 e. The third-order valence-corrected chi connectivity index (χ3v) is 4.43. The van der Waals surface area contributed by atoms with Crippen LogP contribution in [-0.2, 0) is 16.9 Å². The van der Waals surface area contributed by atoms with Crippen LogP contribution in [-0.4, -0.2) is 35.9 Å². The fraction of sp³-hybridized carbons (Fsp3) is 0.412. The Hall–Kier alpha value is -2.34. The standard InChI is InChI=1S/C17H22N4O2/c1-23-15-6-3-2-5-14(15)13-19-16(22)17(7-10-18-11-8-17)21-12-4-9-20-21/h2-6,9,12,18H,7-8,10-11,13H2,1H3,(H,19,22). The summed E-state index contributed by atoms with van der Waals surface area (Å²) in [7, 11) is 1.64. The zero-order chi connectivity index (χ0) is 16.1. The Morgan fingerprint density at radius 2 is 2.13 bits per heavy atom. The van der Waals surface area contributed by atoms with E-state index in [1.165, 1.54) is 0 Å². The molecule has 122 valence electrons. The lowest BCUT2D eigenvalue weighted by molar-refractivity contribution is -0.132. The van der Waals surface area contributed by atoms with Crippen molar-refractivity contribution in [3.05, 3.63) is 48.3 Å². The van der Waals surface area contributed by atoms with Gasteiger partial charge in [0.05, 0.1) is 7.11 Å². The predicted molar refractivity (Wildman–Crippen MR) is 87.1 cm³/mol. The van der Waals surface area contributed by atoms with E-state index in [1.807, 2.05) is 36.5 Å². The highest BCUT2D eigenvalue weighted by atomic mass is 16.5. The molecule has 2 N–H and O–H groups in total. The van der Waals surface area contributed by atoms with Crippen LogP contribution in [0.15, 0.2) is 42.7 Å². The molecule has 3 rings (SSSR count). The van der Waals surface area contributed by atoms with Crippen LogP contribution in [0.1, 0.15) is 18.4 Å². The Labute approximate surface area is 135 Å². The number of methoxy groups -OCH3 is 1. The van der Waals surface area contributed by atoms with E-state index >= 15 is 0 Å². The highest BCUT2D eigenvalue weighted by Crippen LogP contribution is 2.27. The summed E-state index contributed by atoms with van der Waals surface area (Å²) in [6, 6.07) is 9.58. The number of nitrogens with one attached hydrogen (secondary N) is 2. The normalized spacial score (nSPS) is 16.7. The Kier molecular flexibility index (Phi) is 4.62. The van der Waals surface area contributed by atoms with Crippen molar-refractivity contribution in [3.8, 4) is 5.75 Å². The van der Waals surface area contributed by atoms with Crippen molar-refractivity contribution < 1.29 is 9.53 Å². The molecule has 0 aliphatic carbocycles. The monoisotopic (exact) mass is 314 g/mol. The number of rotatable bonds is 5. The number of ether oxygens (including phenoxy) is 1. The van der Waals surface area contributed by atoms with Crippen molar-refractivity contribution in [1.82, 2.24) is 20.4 Å². The van der Waals surface area contributed by atoms with E-state index in [9.17, 15) is 4.79 Å². The van der Waals surface area contributed by atoms with Gasteiger partial charge < -0.3 is 15.4 Å². The van der Waals surface area contributed by atoms with Crippen LogP contribution in [0.4, 0.5) is 0 Å². The van der Waals surface area contributed by atoms with Crippen LogP contribution in [0, 0.1) is 0 Å². The van der Waals surface area contributed by atoms with Crippen LogP contribution in [0.25, 0.3) is 0 Å². The molecule has 6 nitrogen and oxygen atoms in total. The molecule has 1 aromatic heterocycles. The van der Waals surface area contributed by atoms with E-state index in [0.717, 1.165) is 37.2 Å². The number of hydrogen-bond donors (Lipinski definition) is 2. The SMILES string of the molecule is COc1ccccc1CNC(=O)C1(n2cccn2)CCNCC1. The first-order valence-corrected chi connectivity index (χ1v) is 7.87. The van der Waals surface area contributed by atoms with Gasteiger partial charge in [-0.05, 0) is 38.1 Å². The molecule has 0 saturated carbocycles. The Balaban J connectivity index is 1.77. The summed E-state index contributed by atoms with van der Waals surface area (Å²) in [5.74, 6) is 0.792. The number of hydrogen-bond acceptors (Lipinski definition) is 4. The van der Waals surface area contributed by atoms with Crippen LogP contribution in [0.2, 0.25) is 0 Å². The topological polar surface area (TPSA) is 68.2 Å². The van der Waals surface area contributed by atoms with Gasteiger partial charge in [0, 0.05) is 24.5 Å². The van der Waals surface area contributed by atoms with Gasteiger partial charge >= 0.3 is 0 Å². The third-order valence-electron chi connectivity index (χ3n) is 4.43. The number of aromatic nitrogens is 2. The van der Waals surface area contributed by atoms with Crippen LogP contribution in [0.3, 0.4) is 0 Å². The number of piperidine rings is 1. The second kappa shape index (κ2) is 6.83. The van der Waals surface area contributed by atoms with Crippen molar-refractivity contribution in [3.63, 3.8) is 0 Å². The van der Waals surface area contributed by atoms with Gasteiger partial charge in [0.25, 0.3) is 0 Å². The van der Waals surface area contributed by atoms with E-state index < -0.39 is 5.54 Å². The minimum Gasteiger partial charge on any atom is -0.496 e. The zero-order valence-corrected chi connectivity index (χ0v) is 13.3. The van der Waals surface area contributed by atoms with Crippen LogP contribution in [0.5, 0.6) is 5.75 Å². The van der Waals surface area contributed by atoms with Gasteiger partial charge in [-0.15, -0.1) is 0 Å². The van der Waals surface area contributed by atoms with Crippen molar-refractivity contribution in [2.24, 2.45) is 0 Å². The summed E-state index contributed by atoms with van der Waals surface area (Å²) in [5, 5.41) is 10.7.